The monoisotopic (exact) mass is 444 g/mol. The van der Waals surface area contributed by atoms with Crippen LogP contribution in [0.15, 0.2) is 42.5 Å². The molecule has 2 aromatic rings. The Balaban J connectivity index is 1.96. The molecule has 0 radical (unpaired) electrons. The minimum absolute atomic E-state index is 0.0822. The molecule has 0 spiro atoms. The molecule has 0 unspecified atom stereocenters. The predicted molar refractivity (Wildman–Crippen MR) is 129 cm³/mol. The van der Waals surface area contributed by atoms with E-state index < -0.39 is 10.0 Å². The predicted octanol–water partition coefficient (Wildman–Crippen LogP) is 5.02. The maximum absolute atomic E-state index is 12.4. The Bertz CT molecular complexity index is 986. The third-order valence-electron chi connectivity index (χ3n) is 5.31. The van der Waals surface area contributed by atoms with Gasteiger partial charge in [-0.05, 0) is 67.0 Å². The Morgan fingerprint density at radius 1 is 1.03 bits per heavy atom. The number of carbonyl (C=O) groups is 1. The molecule has 0 saturated heterocycles. The summed E-state index contributed by atoms with van der Waals surface area (Å²) in [5.41, 5.74) is 5.05. The molecule has 31 heavy (non-hydrogen) atoms. The average Bonchev–Trinajstić information content (AvgIpc) is 2.62. The van der Waals surface area contributed by atoms with Crippen LogP contribution in [-0.2, 0) is 20.2 Å². The van der Waals surface area contributed by atoms with Gasteiger partial charge in [0.15, 0.2) is 0 Å². The molecule has 1 amide bonds. The third kappa shape index (κ3) is 7.39. The molecule has 0 bridgehead atoms. The molecule has 0 aliphatic heterocycles. The van der Waals surface area contributed by atoms with E-state index in [1.165, 1.54) is 16.1 Å². The van der Waals surface area contributed by atoms with Crippen LogP contribution < -0.4 is 9.62 Å². The van der Waals surface area contributed by atoms with Gasteiger partial charge in [-0.15, -0.1) is 0 Å². The smallest absolute Gasteiger partial charge is 0.232 e. The molecule has 0 fully saturated rings. The zero-order chi connectivity index (χ0) is 23.4. The fourth-order valence-corrected chi connectivity index (χ4v) is 4.58. The van der Waals surface area contributed by atoms with E-state index in [0.29, 0.717) is 12.1 Å². The van der Waals surface area contributed by atoms with E-state index in [1.807, 2.05) is 39.0 Å². The highest BCUT2D eigenvalue weighted by molar-refractivity contribution is 7.92. The fraction of sp³-hybridized carbons (Fsp3) is 0.480. The summed E-state index contributed by atoms with van der Waals surface area (Å²) < 4.78 is 26.0. The van der Waals surface area contributed by atoms with E-state index >= 15 is 0 Å². The van der Waals surface area contributed by atoms with Crippen LogP contribution in [0, 0.1) is 13.8 Å². The maximum atomic E-state index is 12.4. The van der Waals surface area contributed by atoms with Gasteiger partial charge in [-0.1, -0.05) is 51.1 Å². The van der Waals surface area contributed by atoms with E-state index in [9.17, 15) is 13.2 Å². The second-order valence-electron chi connectivity index (χ2n) is 9.45. The Labute approximate surface area is 187 Å². The van der Waals surface area contributed by atoms with Gasteiger partial charge in [-0.2, -0.15) is 0 Å². The van der Waals surface area contributed by atoms with Crippen LogP contribution in [0.5, 0.6) is 0 Å². The molecule has 0 aliphatic rings. The zero-order valence-corrected chi connectivity index (χ0v) is 20.6. The van der Waals surface area contributed by atoms with Crippen LogP contribution >= 0.6 is 0 Å². The van der Waals surface area contributed by atoms with Crippen molar-refractivity contribution in [2.24, 2.45) is 0 Å². The van der Waals surface area contributed by atoms with Crippen molar-refractivity contribution in [1.29, 1.82) is 0 Å². The highest BCUT2D eigenvalue weighted by Gasteiger charge is 2.19. The summed E-state index contributed by atoms with van der Waals surface area (Å²) >= 11 is 0. The summed E-state index contributed by atoms with van der Waals surface area (Å²) in [7, 11) is -3.43. The van der Waals surface area contributed by atoms with Crippen molar-refractivity contribution in [2.45, 2.75) is 65.8 Å². The lowest BCUT2D eigenvalue weighted by molar-refractivity contribution is -0.121. The lowest BCUT2D eigenvalue weighted by atomic mass is 9.86. The number of amides is 1. The van der Waals surface area contributed by atoms with Crippen molar-refractivity contribution < 1.29 is 13.2 Å². The first-order chi connectivity index (χ1) is 14.3. The molecular formula is C25H36N2O3S. The van der Waals surface area contributed by atoms with Crippen molar-refractivity contribution in [2.75, 3.05) is 17.1 Å². The molecule has 2 rings (SSSR count). The van der Waals surface area contributed by atoms with Crippen LogP contribution in [0.2, 0.25) is 0 Å². The minimum atomic E-state index is -3.43. The van der Waals surface area contributed by atoms with Crippen LogP contribution in [0.1, 0.15) is 68.8 Å². The maximum Gasteiger partial charge on any atom is 0.232 e. The topological polar surface area (TPSA) is 66.5 Å². The molecule has 0 saturated carbocycles. The van der Waals surface area contributed by atoms with E-state index in [-0.39, 0.29) is 30.3 Å². The lowest BCUT2D eigenvalue weighted by Crippen LogP contribution is -2.32. The van der Waals surface area contributed by atoms with Gasteiger partial charge in [0.25, 0.3) is 0 Å². The lowest BCUT2D eigenvalue weighted by Gasteiger charge is -2.23. The van der Waals surface area contributed by atoms with Gasteiger partial charge in [0.2, 0.25) is 15.9 Å². The van der Waals surface area contributed by atoms with Crippen molar-refractivity contribution in [3.05, 3.63) is 64.7 Å². The van der Waals surface area contributed by atoms with Crippen LogP contribution in [0.25, 0.3) is 0 Å². The number of aryl methyl sites for hydroxylation is 2. The van der Waals surface area contributed by atoms with E-state index in [0.717, 1.165) is 16.7 Å². The van der Waals surface area contributed by atoms with E-state index in [4.69, 9.17) is 0 Å². The Morgan fingerprint density at radius 2 is 1.58 bits per heavy atom. The number of anilines is 1. The van der Waals surface area contributed by atoms with Crippen LogP contribution in [0.4, 0.5) is 5.69 Å². The second kappa shape index (κ2) is 9.86. The van der Waals surface area contributed by atoms with E-state index in [1.54, 1.807) is 0 Å². The Hall–Kier alpha value is -2.34. The number of hydrogen-bond donors (Lipinski definition) is 1. The van der Waals surface area contributed by atoms with Crippen molar-refractivity contribution in [3.8, 4) is 0 Å². The van der Waals surface area contributed by atoms with Crippen LogP contribution in [-0.4, -0.2) is 27.1 Å². The molecular weight excluding hydrogens is 408 g/mol. The van der Waals surface area contributed by atoms with E-state index in [2.05, 4.69) is 50.4 Å². The van der Waals surface area contributed by atoms with Gasteiger partial charge in [-0.25, -0.2) is 8.42 Å². The summed E-state index contributed by atoms with van der Waals surface area (Å²) in [5.74, 6) is -0.0822. The van der Waals surface area contributed by atoms with Gasteiger partial charge in [-0.3, -0.25) is 9.10 Å². The molecule has 5 nitrogen and oxygen atoms in total. The summed E-state index contributed by atoms with van der Waals surface area (Å²) in [6.45, 7) is 12.6. The van der Waals surface area contributed by atoms with Crippen molar-refractivity contribution in [3.63, 3.8) is 0 Å². The first-order valence-electron chi connectivity index (χ1n) is 10.7. The van der Waals surface area contributed by atoms with Gasteiger partial charge >= 0.3 is 0 Å². The number of rotatable bonds is 8. The summed E-state index contributed by atoms with van der Waals surface area (Å²) in [5, 5.41) is 3.02. The number of sulfonamides is 1. The molecule has 0 aromatic heterocycles. The molecule has 6 heteroatoms. The number of hydrogen-bond acceptors (Lipinski definition) is 3. The average molecular weight is 445 g/mol. The normalized spacial score (nSPS) is 13.0. The highest BCUT2D eigenvalue weighted by atomic mass is 32.2. The van der Waals surface area contributed by atoms with Crippen LogP contribution in [0.3, 0.4) is 0 Å². The standard InChI is InChI=1S/C25H36N2O3S/c1-18-15-19(2)17-23(16-18)27(31(7,29)30)14-8-9-24(28)26-20(3)21-10-12-22(13-11-21)25(4,5)6/h10-13,15-17,20H,8-9,14H2,1-7H3,(H,26,28)/t20-/m1/s1. The molecule has 2 aromatic carbocycles. The van der Waals surface area contributed by atoms with Gasteiger partial charge in [0.1, 0.15) is 0 Å². The zero-order valence-electron chi connectivity index (χ0n) is 19.8. The summed E-state index contributed by atoms with van der Waals surface area (Å²) in [4.78, 5) is 12.4. The molecule has 1 N–H and O–H groups in total. The van der Waals surface area contributed by atoms with Gasteiger partial charge < -0.3 is 5.32 Å². The molecule has 1 atom stereocenters. The number of carbonyl (C=O) groups excluding carboxylic acids is 1. The number of nitrogens with zero attached hydrogens (tertiary/aromatic N) is 1. The quantitative estimate of drug-likeness (QED) is 0.621. The summed E-state index contributed by atoms with van der Waals surface area (Å²) in [6.07, 6.45) is 1.91. The molecule has 170 valence electrons. The Morgan fingerprint density at radius 3 is 2.06 bits per heavy atom. The van der Waals surface area contributed by atoms with Crippen molar-refractivity contribution >= 4 is 21.6 Å². The third-order valence-corrected chi connectivity index (χ3v) is 6.51. The SMILES string of the molecule is Cc1cc(C)cc(N(CCCC(=O)N[C@H](C)c2ccc(C(C)(C)C)cc2)S(C)(=O)=O)c1. The van der Waals surface area contributed by atoms with Gasteiger partial charge in [0, 0.05) is 13.0 Å². The highest BCUT2D eigenvalue weighted by Crippen LogP contribution is 2.24. The molecule has 0 heterocycles. The number of benzene rings is 2. The first-order valence-corrected chi connectivity index (χ1v) is 12.6. The largest absolute Gasteiger partial charge is 0.350 e. The summed E-state index contributed by atoms with van der Waals surface area (Å²) in [6, 6.07) is 13.9. The second-order valence-corrected chi connectivity index (χ2v) is 11.4. The number of nitrogens with one attached hydrogen (secondary N) is 1. The molecule has 0 aliphatic carbocycles. The minimum Gasteiger partial charge on any atom is -0.350 e. The fourth-order valence-electron chi connectivity index (χ4n) is 3.63. The van der Waals surface area contributed by atoms with Crippen molar-refractivity contribution in [1.82, 2.24) is 5.32 Å². The first kappa shape index (κ1) is 24.9. The van der Waals surface area contributed by atoms with Gasteiger partial charge in [0.05, 0.1) is 18.0 Å². The Kier molecular flexibility index (Phi) is 7.93.